The average Bonchev–Trinajstić information content (AvgIpc) is 3.03. The Kier molecular flexibility index (Phi) is 3.52. The van der Waals surface area contributed by atoms with Crippen molar-refractivity contribution in [2.75, 3.05) is 11.6 Å². The second-order valence-electron chi connectivity index (χ2n) is 4.72. The van der Waals surface area contributed by atoms with Gasteiger partial charge < -0.3 is 14.7 Å². The van der Waals surface area contributed by atoms with E-state index in [1.807, 2.05) is 0 Å². The number of carboxylic acids is 1. The lowest BCUT2D eigenvalue weighted by Gasteiger charge is -2.23. The van der Waals surface area contributed by atoms with Gasteiger partial charge in [-0.15, -0.1) is 11.8 Å². The first-order valence-corrected chi connectivity index (χ1v) is 7.65. The molecular weight excluding hydrogens is 302 g/mol. The lowest BCUT2D eigenvalue weighted by Crippen LogP contribution is -2.47. The van der Waals surface area contributed by atoms with Crippen LogP contribution in [0, 0.1) is 0 Å². The van der Waals surface area contributed by atoms with Crippen molar-refractivity contribution in [3.63, 3.8) is 0 Å². The molecular formula is C13H12ClNO4S. The summed E-state index contributed by atoms with van der Waals surface area (Å²) in [5, 5.41) is 9.72. The molecule has 5 nitrogen and oxygen atoms in total. The van der Waals surface area contributed by atoms with Crippen molar-refractivity contribution in [2.45, 2.75) is 18.6 Å². The first-order valence-electron chi connectivity index (χ1n) is 6.12. The van der Waals surface area contributed by atoms with Crippen LogP contribution in [-0.2, 0) is 16.0 Å². The molecule has 106 valence electrons. The molecule has 1 aromatic rings. The number of fused-ring (bicyclic) bond motifs is 1. The molecule has 0 aromatic heterocycles. The second kappa shape index (κ2) is 5.18. The van der Waals surface area contributed by atoms with Crippen molar-refractivity contribution in [3.05, 3.63) is 28.8 Å². The fourth-order valence-corrected chi connectivity index (χ4v) is 3.75. The number of benzene rings is 1. The number of rotatable bonds is 2. The molecule has 1 aromatic carbocycles. The summed E-state index contributed by atoms with van der Waals surface area (Å²) in [6.07, 6.45) is -0.216. The summed E-state index contributed by atoms with van der Waals surface area (Å²) in [7, 11) is 0. The van der Waals surface area contributed by atoms with Gasteiger partial charge in [-0.2, -0.15) is 0 Å². The number of hydrogen-bond acceptors (Lipinski definition) is 4. The summed E-state index contributed by atoms with van der Waals surface area (Å²) in [4.78, 5) is 24.9. The zero-order valence-corrected chi connectivity index (χ0v) is 12.0. The smallest absolute Gasteiger partial charge is 0.327 e. The topological polar surface area (TPSA) is 66.8 Å². The van der Waals surface area contributed by atoms with Gasteiger partial charge in [0, 0.05) is 17.2 Å². The summed E-state index contributed by atoms with van der Waals surface area (Å²) in [5.74, 6) is 0.224. The highest BCUT2D eigenvalue weighted by molar-refractivity contribution is 7.99. The molecule has 0 bridgehead atoms. The summed E-state index contributed by atoms with van der Waals surface area (Å²) in [5.41, 5.74) is 0.884. The number of aliphatic carboxylic acids is 1. The van der Waals surface area contributed by atoms with Crippen LogP contribution in [0.25, 0.3) is 0 Å². The number of ether oxygens (including phenoxy) is 1. The lowest BCUT2D eigenvalue weighted by molar-refractivity contribution is -0.150. The van der Waals surface area contributed by atoms with E-state index in [4.69, 9.17) is 21.4 Å². The molecule has 0 radical (unpaired) electrons. The summed E-state index contributed by atoms with van der Waals surface area (Å²) >= 11 is 7.35. The Morgan fingerprint density at radius 2 is 2.25 bits per heavy atom. The Hall–Kier alpha value is -1.40. The Bertz CT molecular complexity index is 579. The van der Waals surface area contributed by atoms with E-state index in [9.17, 15) is 9.59 Å². The van der Waals surface area contributed by atoms with Crippen molar-refractivity contribution in [3.8, 4) is 5.75 Å². The zero-order chi connectivity index (χ0) is 14.3. The lowest BCUT2D eigenvalue weighted by atomic mass is 10.1. The zero-order valence-electron chi connectivity index (χ0n) is 10.4. The Labute approximate surface area is 124 Å². The highest BCUT2D eigenvalue weighted by atomic mass is 35.5. The number of thioether (sulfide) groups is 1. The molecule has 0 spiro atoms. The third-order valence-electron chi connectivity index (χ3n) is 3.42. The van der Waals surface area contributed by atoms with E-state index >= 15 is 0 Å². The molecule has 0 aliphatic carbocycles. The molecule has 1 amide bonds. The van der Waals surface area contributed by atoms with Crippen LogP contribution in [0.5, 0.6) is 5.75 Å². The van der Waals surface area contributed by atoms with Crippen LogP contribution in [-0.4, -0.2) is 45.7 Å². The minimum Gasteiger partial charge on any atom is -0.480 e. The van der Waals surface area contributed by atoms with Crippen molar-refractivity contribution in [1.82, 2.24) is 4.90 Å². The normalized spacial score (nSPS) is 24.4. The van der Waals surface area contributed by atoms with E-state index in [1.165, 1.54) is 16.7 Å². The molecule has 2 atom stereocenters. The molecule has 1 N–H and O–H groups in total. The van der Waals surface area contributed by atoms with Crippen LogP contribution < -0.4 is 4.74 Å². The fourth-order valence-electron chi connectivity index (χ4n) is 2.40. The maximum Gasteiger partial charge on any atom is 0.327 e. The molecule has 1 unspecified atom stereocenters. The average molecular weight is 314 g/mol. The Balaban J connectivity index is 1.75. The van der Waals surface area contributed by atoms with Crippen LogP contribution in [0.2, 0.25) is 5.02 Å². The van der Waals surface area contributed by atoms with Gasteiger partial charge in [0.25, 0.3) is 5.91 Å². The first-order chi connectivity index (χ1) is 9.56. The standard InChI is InChI=1S/C13H12ClNO4S/c14-8-1-2-10-7(3-8)4-11(19-10)12(16)15-6-20-5-9(15)13(17)18/h1-3,9,11H,4-6H2,(H,17,18)/t9-,11?/m0/s1. The monoisotopic (exact) mass is 313 g/mol. The third kappa shape index (κ3) is 2.33. The molecule has 1 saturated heterocycles. The molecule has 2 aliphatic heterocycles. The van der Waals surface area contributed by atoms with E-state index in [0.29, 0.717) is 28.8 Å². The number of carboxylic acid groups (broad SMARTS) is 1. The van der Waals surface area contributed by atoms with Gasteiger partial charge in [0.1, 0.15) is 11.8 Å². The van der Waals surface area contributed by atoms with Crippen molar-refractivity contribution in [2.24, 2.45) is 0 Å². The van der Waals surface area contributed by atoms with Crippen LogP contribution in [0.15, 0.2) is 18.2 Å². The minimum absolute atomic E-state index is 0.269. The van der Waals surface area contributed by atoms with Crippen LogP contribution in [0.4, 0.5) is 0 Å². The summed E-state index contributed by atoms with van der Waals surface area (Å²) in [6.45, 7) is 0. The highest BCUT2D eigenvalue weighted by Crippen LogP contribution is 2.33. The quantitative estimate of drug-likeness (QED) is 0.899. The van der Waals surface area contributed by atoms with Crippen molar-refractivity contribution >= 4 is 35.2 Å². The van der Waals surface area contributed by atoms with Gasteiger partial charge in [-0.1, -0.05) is 11.6 Å². The first kappa shape index (κ1) is 13.6. The number of halogens is 1. The Morgan fingerprint density at radius 1 is 1.45 bits per heavy atom. The van der Waals surface area contributed by atoms with E-state index < -0.39 is 18.1 Å². The number of nitrogens with zero attached hydrogens (tertiary/aromatic N) is 1. The van der Waals surface area contributed by atoms with Crippen LogP contribution in [0.3, 0.4) is 0 Å². The van der Waals surface area contributed by atoms with Gasteiger partial charge in [-0.25, -0.2) is 4.79 Å². The van der Waals surface area contributed by atoms with E-state index in [1.54, 1.807) is 18.2 Å². The number of hydrogen-bond donors (Lipinski definition) is 1. The van der Waals surface area contributed by atoms with Gasteiger partial charge in [-0.05, 0) is 23.8 Å². The number of amides is 1. The largest absolute Gasteiger partial charge is 0.480 e. The van der Waals surface area contributed by atoms with Gasteiger partial charge in [0.15, 0.2) is 6.10 Å². The maximum atomic E-state index is 12.4. The molecule has 0 saturated carbocycles. The maximum absolute atomic E-state index is 12.4. The van der Waals surface area contributed by atoms with E-state index in [-0.39, 0.29) is 5.91 Å². The third-order valence-corrected chi connectivity index (χ3v) is 4.67. The van der Waals surface area contributed by atoms with Gasteiger partial charge in [0.05, 0.1) is 5.88 Å². The van der Waals surface area contributed by atoms with E-state index in [2.05, 4.69) is 0 Å². The SMILES string of the molecule is O=C(O)[C@@H]1CSCN1C(=O)C1Cc2cc(Cl)ccc2O1. The summed E-state index contributed by atoms with van der Waals surface area (Å²) in [6, 6.07) is 4.46. The molecule has 2 aliphatic rings. The number of carbonyl (C=O) groups excluding carboxylic acids is 1. The molecule has 2 heterocycles. The van der Waals surface area contributed by atoms with E-state index in [0.717, 1.165) is 5.56 Å². The van der Waals surface area contributed by atoms with Crippen molar-refractivity contribution in [1.29, 1.82) is 0 Å². The highest BCUT2D eigenvalue weighted by Gasteiger charge is 2.40. The number of carbonyl (C=O) groups is 2. The van der Waals surface area contributed by atoms with Crippen molar-refractivity contribution < 1.29 is 19.4 Å². The molecule has 3 rings (SSSR count). The van der Waals surface area contributed by atoms with Gasteiger partial charge >= 0.3 is 5.97 Å². The van der Waals surface area contributed by atoms with Gasteiger partial charge in [0.2, 0.25) is 0 Å². The molecule has 7 heteroatoms. The minimum atomic E-state index is -0.970. The molecule has 20 heavy (non-hydrogen) atoms. The fraction of sp³-hybridized carbons (Fsp3) is 0.385. The Morgan fingerprint density at radius 3 is 3.00 bits per heavy atom. The van der Waals surface area contributed by atoms with Crippen LogP contribution >= 0.6 is 23.4 Å². The summed E-state index contributed by atoms with van der Waals surface area (Å²) < 4.78 is 5.61. The predicted octanol–water partition coefficient (Wildman–Crippen LogP) is 1.63. The second-order valence-corrected chi connectivity index (χ2v) is 6.16. The van der Waals surface area contributed by atoms with Gasteiger partial charge in [-0.3, -0.25) is 4.79 Å². The predicted molar refractivity (Wildman–Crippen MR) is 75.2 cm³/mol. The van der Waals surface area contributed by atoms with Crippen LogP contribution in [0.1, 0.15) is 5.56 Å². The molecule has 1 fully saturated rings.